The number of halogens is 1. The second-order valence-corrected chi connectivity index (χ2v) is 4.78. The lowest BCUT2D eigenvalue weighted by atomic mass is 10.0. The Balaban J connectivity index is 0.00000441. The minimum Gasteiger partial charge on any atom is -0.356 e. The van der Waals surface area contributed by atoms with Crippen LogP contribution in [-0.2, 0) is 4.79 Å². The van der Waals surface area contributed by atoms with Gasteiger partial charge in [-0.25, -0.2) is 0 Å². The number of hydrogen-bond donors (Lipinski definition) is 3. The molecule has 3 N–H and O–H groups in total. The van der Waals surface area contributed by atoms with Crippen LogP contribution in [0, 0.1) is 5.92 Å². The summed E-state index contributed by atoms with van der Waals surface area (Å²) in [7, 11) is 1.70. The number of rotatable bonds is 7. The highest BCUT2D eigenvalue weighted by Crippen LogP contribution is 2.04. The third kappa shape index (κ3) is 8.16. The van der Waals surface area contributed by atoms with Crippen molar-refractivity contribution in [2.24, 2.45) is 10.9 Å². The maximum Gasteiger partial charge on any atom is 0.243 e. The van der Waals surface area contributed by atoms with Gasteiger partial charge in [0.1, 0.15) is 0 Å². The Morgan fingerprint density at radius 2 is 2.05 bits per heavy atom. The summed E-state index contributed by atoms with van der Waals surface area (Å²) in [5.41, 5.74) is 0.685. The molecule has 0 aliphatic rings. The average Bonchev–Trinajstić information content (AvgIpc) is 2.52. The van der Waals surface area contributed by atoms with E-state index in [0.717, 1.165) is 19.4 Å². The monoisotopic (exact) mass is 419 g/mol. The first-order valence-corrected chi connectivity index (χ1v) is 7.33. The average molecular weight is 419 g/mol. The summed E-state index contributed by atoms with van der Waals surface area (Å²) >= 11 is 0. The van der Waals surface area contributed by atoms with Gasteiger partial charge < -0.3 is 16.0 Å². The van der Waals surface area contributed by atoms with Crippen LogP contribution in [0.5, 0.6) is 0 Å². The number of carbonyl (C=O) groups is 1. The van der Waals surface area contributed by atoms with Crippen LogP contribution in [-0.4, -0.2) is 37.0 Å². The molecule has 1 aromatic heterocycles. The number of aliphatic imine (C=N–C) groups is 1. The highest BCUT2D eigenvalue weighted by molar-refractivity contribution is 14.0. The van der Waals surface area contributed by atoms with Crippen molar-refractivity contribution < 1.29 is 4.79 Å². The zero-order chi connectivity index (χ0) is 15.5. The fourth-order valence-corrected chi connectivity index (χ4v) is 1.84. The highest BCUT2D eigenvalue weighted by atomic mass is 127. The van der Waals surface area contributed by atoms with E-state index in [1.54, 1.807) is 31.6 Å². The van der Waals surface area contributed by atoms with Crippen molar-refractivity contribution in [1.29, 1.82) is 0 Å². The molecule has 6 nitrogen and oxygen atoms in total. The predicted molar refractivity (Wildman–Crippen MR) is 102 cm³/mol. The van der Waals surface area contributed by atoms with E-state index in [4.69, 9.17) is 0 Å². The van der Waals surface area contributed by atoms with Crippen molar-refractivity contribution in [3.8, 4) is 0 Å². The number of guanidine groups is 1. The largest absolute Gasteiger partial charge is 0.356 e. The molecule has 0 radical (unpaired) electrons. The van der Waals surface area contributed by atoms with Crippen LogP contribution in [0.2, 0.25) is 0 Å². The van der Waals surface area contributed by atoms with Gasteiger partial charge in [0.05, 0.1) is 18.4 Å². The summed E-state index contributed by atoms with van der Waals surface area (Å²) in [5, 5.41) is 9.00. The molecular formula is C15H26IN5O. The van der Waals surface area contributed by atoms with Gasteiger partial charge in [-0.05, 0) is 18.1 Å². The van der Waals surface area contributed by atoms with Crippen LogP contribution < -0.4 is 16.0 Å². The van der Waals surface area contributed by atoms with Crippen LogP contribution >= 0.6 is 24.0 Å². The van der Waals surface area contributed by atoms with E-state index in [-0.39, 0.29) is 36.4 Å². The molecule has 0 saturated carbocycles. The normalized spacial score (nSPS) is 10.8. The summed E-state index contributed by atoms with van der Waals surface area (Å²) < 4.78 is 0. The third-order valence-electron chi connectivity index (χ3n) is 3.30. The van der Waals surface area contributed by atoms with E-state index in [2.05, 4.69) is 39.8 Å². The number of anilines is 1. The van der Waals surface area contributed by atoms with Crippen molar-refractivity contribution in [3.05, 3.63) is 24.5 Å². The zero-order valence-electron chi connectivity index (χ0n) is 13.4. The van der Waals surface area contributed by atoms with Crippen molar-refractivity contribution >= 4 is 41.5 Å². The fraction of sp³-hybridized carbons (Fsp3) is 0.533. The third-order valence-corrected chi connectivity index (χ3v) is 3.30. The van der Waals surface area contributed by atoms with Gasteiger partial charge in [-0.1, -0.05) is 26.7 Å². The van der Waals surface area contributed by atoms with Gasteiger partial charge in [0, 0.05) is 19.8 Å². The number of aromatic nitrogens is 1. The van der Waals surface area contributed by atoms with E-state index in [1.807, 2.05) is 0 Å². The molecule has 1 aromatic rings. The number of nitrogens with one attached hydrogen (secondary N) is 3. The minimum atomic E-state index is -0.131. The van der Waals surface area contributed by atoms with Crippen LogP contribution in [0.25, 0.3) is 0 Å². The molecule has 1 rings (SSSR count). The molecule has 0 aliphatic carbocycles. The zero-order valence-corrected chi connectivity index (χ0v) is 15.8. The topological polar surface area (TPSA) is 78.4 Å². The molecule has 7 heteroatoms. The molecule has 0 saturated heterocycles. The lowest BCUT2D eigenvalue weighted by molar-refractivity contribution is -0.115. The molecule has 0 unspecified atom stereocenters. The summed E-state index contributed by atoms with van der Waals surface area (Å²) in [6.45, 7) is 5.37. The lowest BCUT2D eigenvalue weighted by Crippen LogP contribution is -2.43. The number of nitrogens with zero attached hydrogens (tertiary/aromatic N) is 2. The first-order valence-electron chi connectivity index (χ1n) is 7.33. The summed E-state index contributed by atoms with van der Waals surface area (Å²) in [6, 6.07) is 3.57. The van der Waals surface area contributed by atoms with E-state index in [0.29, 0.717) is 17.6 Å². The van der Waals surface area contributed by atoms with Gasteiger partial charge >= 0.3 is 0 Å². The van der Waals surface area contributed by atoms with Gasteiger partial charge in [0.15, 0.2) is 5.96 Å². The Morgan fingerprint density at radius 1 is 1.32 bits per heavy atom. The smallest absolute Gasteiger partial charge is 0.243 e. The number of pyridine rings is 1. The van der Waals surface area contributed by atoms with Crippen molar-refractivity contribution in [1.82, 2.24) is 15.6 Å². The van der Waals surface area contributed by atoms with Gasteiger partial charge in [-0.3, -0.25) is 14.8 Å². The molecule has 0 bridgehead atoms. The van der Waals surface area contributed by atoms with Gasteiger partial charge in [0.2, 0.25) is 5.91 Å². The summed E-state index contributed by atoms with van der Waals surface area (Å²) in [5.74, 6) is 1.13. The Morgan fingerprint density at radius 3 is 2.59 bits per heavy atom. The van der Waals surface area contributed by atoms with Gasteiger partial charge in [-0.15, -0.1) is 24.0 Å². The minimum absolute atomic E-state index is 0. The molecule has 1 heterocycles. The van der Waals surface area contributed by atoms with Crippen LogP contribution in [0.1, 0.15) is 26.7 Å². The maximum absolute atomic E-state index is 11.8. The SMILES string of the molecule is CCC(CC)CNC(=NC)NCC(=O)Nc1cccnc1.I. The second kappa shape index (κ2) is 12.2. The lowest BCUT2D eigenvalue weighted by Gasteiger charge is -2.16. The van der Waals surface area contributed by atoms with Crippen LogP contribution in [0.3, 0.4) is 0 Å². The quantitative estimate of drug-likeness (QED) is 0.360. The summed E-state index contributed by atoms with van der Waals surface area (Å²) in [6.07, 6.45) is 5.53. The molecule has 0 spiro atoms. The predicted octanol–water partition coefficient (Wildman–Crippen LogP) is 2.24. The van der Waals surface area contributed by atoms with Crippen molar-refractivity contribution in [2.45, 2.75) is 26.7 Å². The second-order valence-electron chi connectivity index (χ2n) is 4.78. The number of hydrogen-bond acceptors (Lipinski definition) is 3. The first-order chi connectivity index (χ1) is 10.2. The van der Waals surface area contributed by atoms with Gasteiger partial charge in [0.25, 0.3) is 0 Å². The fourth-order valence-electron chi connectivity index (χ4n) is 1.84. The molecule has 0 atom stereocenters. The van der Waals surface area contributed by atoms with Crippen molar-refractivity contribution in [3.63, 3.8) is 0 Å². The Bertz CT molecular complexity index is 449. The van der Waals surface area contributed by atoms with Crippen LogP contribution in [0.4, 0.5) is 5.69 Å². The van der Waals surface area contributed by atoms with Crippen molar-refractivity contribution in [2.75, 3.05) is 25.5 Å². The molecule has 22 heavy (non-hydrogen) atoms. The van der Waals surface area contributed by atoms with E-state index in [1.165, 1.54) is 0 Å². The molecule has 124 valence electrons. The Labute approximate surface area is 149 Å². The molecule has 0 fully saturated rings. The highest BCUT2D eigenvalue weighted by Gasteiger charge is 2.07. The number of carbonyl (C=O) groups excluding carboxylic acids is 1. The van der Waals surface area contributed by atoms with E-state index < -0.39 is 0 Å². The Hall–Kier alpha value is -1.38. The summed E-state index contributed by atoms with van der Waals surface area (Å²) in [4.78, 5) is 19.9. The molecular weight excluding hydrogens is 393 g/mol. The van der Waals surface area contributed by atoms with E-state index in [9.17, 15) is 4.79 Å². The standard InChI is InChI=1S/C15H25N5O.HI/c1-4-12(5-2)9-18-15(16-3)19-11-14(21)20-13-7-6-8-17-10-13;/h6-8,10,12H,4-5,9,11H2,1-3H3,(H,20,21)(H2,16,18,19);1H. The molecule has 1 amide bonds. The molecule has 0 aromatic carbocycles. The molecule has 0 aliphatic heterocycles. The van der Waals surface area contributed by atoms with Gasteiger partial charge in [-0.2, -0.15) is 0 Å². The Kier molecular flexibility index (Phi) is 11.4. The first kappa shape index (κ1) is 20.6. The van der Waals surface area contributed by atoms with E-state index >= 15 is 0 Å². The number of amides is 1. The maximum atomic E-state index is 11.8. The van der Waals surface area contributed by atoms with Crippen LogP contribution in [0.15, 0.2) is 29.5 Å².